The van der Waals surface area contributed by atoms with Crippen molar-refractivity contribution in [3.05, 3.63) is 20.8 Å². The maximum atomic E-state index is 12.6. The molecule has 1 saturated heterocycles. The lowest BCUT2D eigenvalue weighted by molar-refractivity contribution is -0.130. The van der Waals surface area contributed by atoms with Crippen LogP contribution < -0.4 is 5.56 Å². The maximum absolute atomic E-state index is 12.6. The molecular weight excluding hydrogens is 378 g/mol. The summed E-state index contributed by atoms with van der Waals surface area (Å²) in [5, 5.41) is 1.34. The molecule has 0 unspecified atom stereocenters. The summed E-state index contributed by atoms with van der Waals surface area (Å²) < 4.78 is 0. The molecule has 4 rings (SSSR count). The van der Waals surface area contributed by atoms with Gasteiger partial charge in [0, 0.05) is 18.0 Å². The van der Waals surface area contributed by atoms with Crippen molar-refractivity contribution in [3.63, 3.8) is 0 Å². The zero-order chi connectivity index (χ0) is 19.1. The normalized spacial score (nSPS) is 25.6. The number of aryl methyl sites for hydroxylation is 1. The minimum absolute atomic E-state index is 0.0535. The summed E-state index contributed by atoms with van der Waals surface area (Å²) in [5.41, 5.74) is 1.15. The number of hydrogen-bond donors (Lipinski definition) is 1. The number of nitrogens with zero attached hydrogens (tertiary/aromatic N) is 2. The van der Waals surface area contributed by atoms with Crippen LogP contribution in [0.3, 0.4) is 0 Å². The molecule has 0 radical (unpaired) electrons. The summed E-state index contributed by atoms with van der Waals surface area (Å²) in [4.78, 5) is 36.9. The Hall–Kier alpha value is -1.34. The van der Waals surface area contributed by atoms with Crippen LogP contribution in [0.2, 0.25) is 0 Å². The molecule has 1 amide bonds. The van der Waals surface area contributed by atoms with Crippen LogP contribution in [0.25, 0.3) is 10.2 Å². The Bertz CT molecular complexity index is 910. The number of nitrogens with one attached hydrogen (secondary N) is 1. The topological polar surface area (TPSA) is 66.1 Å². The van der Waals surface area contributed by atoms with Crippen molar-refractivity contribution in [1.29, 1.82) is 0 Å². The van der Waals surface area contributed by atoms with Crippen molar-refractivity contribution in [2.45, 2.75) is 51.6 Å². The molecule has 0 bridgehead atoms. The highest BCUT2D eigenvalue weighted by molar-refractivity contribution is 7.99. The van der Waals surface area contributed by atoms with Gasteiger partial charge < -0.3 is 9.88 Å². The van der Waals surface area contributed by atoms with Gasteiger partial charge in [-0.3, -0.25) is 9.59 Å². The fourth-order valence-corrected chi connectivity index (χ4v) is 6.69. The van der Waals surface area contributed by atoms with E-state index in [1.54, 1.807) is 11.3 Å². The number of amides is 1. The Morgan fingerprint density at radius 2 is 2.00 bits per heavy atom. The monoisotopic (exact) mass is 405 g/mol. The SMILES string of the molecule is C[C@H]1CCc2c(sc3nc(SCC(=O)N4C[C@@H](C)C[C@H](C)C4)[nH]c(=O)c23)C1. The number of carbonyl (C=O) groups is 1. The van der Waals surface area contributed by atoms with Crippen LogP contribution in [0.5, 0.6) is 0 Å². The van der Waals surface area contributed by atoms with Crippen LogP contribution in [0.1, 0.15) is 44.1 Å². The van der Waals surface area contributed by atoms with Gasteiger partial charge in [0.2, 0.25) is 5.91 Å². The minimum atomic E-state index is -0.0535. The second-order valence-electron chi connectivity index (χ2n) is 8.44. The van der Waals surface area contributed by atoms with Gasteiger partial charge in [-0.25, -0.2) is 4.98 Å². The molecule has 0 spiro atoms. The van der Waals surface area contributed by atoms with Gasteiger partial charge in [-0.2, -0.15) is 0 Å². The van der Waals surface area contributed by atoms with E-state index in [1.165, 1.54) is 28.6 Å². The van der Waals surface area contributed by atoms with Gasteiger partial charge in [0.05, 0.1) is 11.1 Å². The summed E-state index contributed by atoms with van der Waals surface area (Å²) in [6.45, 7) is 8.34. The third-order valence-electron chi connectivity index (χ3n) is 5.70. The van der Waals surface area contributed by atoms with E-state index in [2.05, 4.69) is 30.7 Å². The second kappa shape index (κ2) is 7.59. The number of thiophene rings is 1. The van der Waals surface area contributed by atoms with E-state index in [4.69, 9.17) is 0 Å². The number of hydrogen-bond acceptors (Lipinski definition) is 5. The van der Waals surface area contributed by atoms with Crippen molar-refractivity contribution < 1.29 is 4.79 Å². The number of aromatic amines is 1. The molecule has 1 aliphatic carbocycles. The molecule has 3 heterocycles. The molecule has 1 fully saturated rings. The quantitative estimate of drug-likeness (QED) is 0.624. The van der Waals surface area contributed by atoms with Gasteiger partial charge in [-0.1, -0.05) is 32.5 Å². The number of carbonyl (C=O) groups excluding carboxylic acids is 1. The highest BCUT2D eigenvalue weighted by Gasteiger charge is 2.26. The van der Waals surface area contributed by atoms with Crippen LogP contribution in [-0.2, 0) is 17.6 Å². The highest BCUT2D eigenvalue weighted by atomic mass is 32.2. The summed E-state index contributed by atoms with van der Waals surface area (Å²) in [6, 6.07) is 0. The number of piperidine rings is 1. The number of aromatic nitrogens is 2. The molecule has 2 aromatic rings. The van der Waals surface area contributed by atoms with Crippen LogP contribution >= 0.6 is 23.1 Å². The number of thioether (sulfide) groups is 1. The average Bonchev–Trinajstić information content (AvgIpc) is 2.96. The first-order valence-electron chi connectivity index (χ1n) is 9.85. The largest absolute Gasteiger partial charge is 0.341 e. The molecule has 1 N–H and O–H groups in total. The van der Waals surface area contributed by atoms with E-state index in [0.717, 1.165) is 42.6 Å². The Morgan fingerprint density at radius 3 is 2.74 bits per heavy atom. The van der Waals surface area contributed by atoms with Crippen LogP contribution in [0.15, 0.2) is 9.95 Å². The second-order valence-corrected chi connectivity index (χ2v) is 10.5. The first-order valence-corrected chi connectivity index (χ1v) is 11.7. The molecule has 7 heteroatoms. The molecule has 27 heavy (non-hydrogen) atoms. The third kappa shape index (κ3) is 3.94. The predicted octanol–water partition coefficient (Wildman–Crippen LogP) is 3.71. The van der Waals surface area contributed by atoms with Gasteiger partial charge in [0.1, 0.15) is 4.83 Å². The molecule has 5 nitrogen and oxygen atoms in total. The Morgan fingerprint density at radius 1 is 1.26 bits per heavy atom. The zero-order valence-corrected chi connectivity index (χ0v) is 17.8. The van der Waals surface area contributed by atoms with Crippen LogP contribution in [0, 0.1) is 17.8 Å². The average molecular weight is 406 g/mol. The lowest BCUT2D eigenvalue weighted by Gasteiger charge is -2.34. The van der Waals surface area contributed by atoms with Crippen molar-refractivity contribution in [2.75, 3.05) is 18.8 Å². The molecule has 0 aromatic carbocycles. The third-order valence-corrected chi connectivity index (χ3v) is 7.70. The van der Waals surface area contributed by atoms with Gasteiger partial charge in [0.25, 0.3) is 5.56 Å². The smallest absolute Gasteiger partial charge is 0.260 e. The van der Waals surface area contributed by atoms with Crippen molar-refractivity contribution in [1.82, 2.24) is 14.9 Å². The lowest BCUT2D eigenvalue weighted by atomic mass is 9.89. The van der Waals surface area contributed by atoms with Gasteiger partial charge in [-0.15, -0.1) is 11.3 Å². The fraction of sp³-hybridized carbons (Fsp3) is 0.650. The van der Waals surface area contributed by atoms with E-state index in [-0.39, 0.29) is 11.5 Å². The summed E-state index contributed by atoms with van der Waals surface area (Å²) in [6.07, 6.45) is 4.33. The molecular formula is C20H27N3O2S2. The van der Waals surface area contributed by atoms with E-state index < -0.39 is 0 Å². The van der Waals surface area contributed by atoms with Crippen molar-refractivity contribution in [2.24, 2.45) is 17.8 Å². The lowest BCUT2D eigenvalue weighted by Crippen LogP contribution is -2.43. The summed E-state index contributed by atoms with van der Waals surface area (Å²) >= 11 is 3.00. The molecule has 0 saturated carbocycles. The zero-order valence-electron chi connectivity index (χ0n) is 16.2. The van der Waals surface area contributed by atoms with E-state index in [0.29, 0.717) is 28.7 Å². The van der Waals surface area contributed by atoms with E-state index in [9.17, 15) is 9.59 Å². The highest BCUT2D eigenvalue weighted by Crippen LogP contribution is 2.36. The molecule has 2 aliphatic rings. The first kappa shape index (κ1) is 19.0. The number of H-pyrrole nitrogens is 1. The van der Waals surface area contributed by atoms with Crippen molar-refractivity contribution in [3.8, 4) is 0 Å². The Labute approximate surface area is 167 Å². The fourth-order valence-electron chi connectivity index (χ4n) is 4.49. The van der Waals surface area contributed by atoms with Gasteiger partial charge >= 0.3 is 0 Å². The first-order chi connectivity index (χ1) is 12.9. The van der Waals surface area contributed by atoms with Crippen LogP contribution in [-0.4, -0.2) is 39.6 Å². The predicted molar refractivity (Wildman–Crippen MR) is 112 cm³/mol. The maximum Gasteiger partial charge on any atom is 0.260 e. The standard InChI is InChI=1S/C20H27N3O2S2/c1-11-4-5-14-15(7-11)27-19-17(14)18(25)21-20(22-19)26-10-16(24)23-8-12(2)6-13(3)9-23/h11-13H,4-10H2,1-3H3,(H,21,22,25)/t11-,12-,13-/m0/s1. The van der Waals surface area contributed by atoms with E-state index in [1.807, 2.05) is 4.90 Å². The Kier molecular flexibility index (Phi) is 5.34. The number of likely N-dealkylation sites (tertiary alicyclic amines) is 1. The Balaban J connectivity index is 1.50. The molecule has 2 aromatic heterocycles. The molecule has 3 atom stereocenters. The van der Waals surface area contributed by atoms with Gasteiger partial charge in [-0.05, 0) is 49.0 Å². The molecule has 1 aliphatic heterocycles. The summed E-state index contributed by atoms with van der Waals surface area (Å²) in [7, 11) is 0. The molecule has 146 valence electrons. The summed E-state index contributed by atoms with van der Waals surface area (Å²) in [5.74, 6) is 2.25. The number of fused-ring (bicyclic) bond motifs is 3. The van der Waals surface area contributed by atoms with Gasteiger partial charge in [0.15, 0.2) is 5.16 Å². The minimum Gasteiger partial charge on any atom is -0.341 e. The van der Waals surface area contributed by atoms with E-state index >= 15 is 0 Å². The van der Waals surface area contributed by atoms with Crippen molar-refractivity contribution >= 4 is 39.2 Å². The van der Waals surface area contributed by atoms with Crippen LogP contribution in [0.4, 0.5) is 0 Å². The number of rotatable bonds is 3.